The molecule has 20 heavy (non-hydrogen) atoms. The fourth-order valence-electron chi connectivity index (χ4n) is 1.84. The van der Waals surface area contributed by atoms with Crippen molar-refractivity contribution in [3.8, 4) is 11.5 Å². The van der Waals surface area contributed by atoms with Crippen molar-refractivity contribution < 1.29 is 14.6 Å². The van der Waals surface area contributed by atoms with Crippen LogP contribution in [-0.2, 0) is 0 Å². The summed E-state index contributed by atoms with van der Waals surface area (Å²) >= 11 is 0. The Morgan fingerprint density at radius 2 is 2.05 bits per heavy atom. The number of nitrogens with one attached hydrogen (secondary N) is 1. The van der Waals surface area contributed by atoms with Gasteiger partial charge in [-0.1, -0.05) is 12.1 Å². The van der Waals surface area contributed by atoms with E-state index in [1.165, 1.54) is 19.2 Å². The molecule has 0 aliphatic heterocycles. The smallest absolute Gasteiger partial charge is 0.259 e. The van der Waals surface area contributed by atoms with Crippen molar-refractivity contribution in [1.29, 1.82) is 0 Å². The van der Waals surface area contributed by atoms with E-state index in [0.29, 0.717) is 11.4 Å². The number of aryl methyl sites for hydroxylation is 1. The van der Waals surface area contributed by atoms with Crippen molar-refractivity contribution in [2.75, 3.05) is 18.2 Å². The fourth-order valence-corrected chi connectivity index (χ4v) is 1.84. The average molecular weight is 272 g/mol. The number of carbonyl (C=O) groups is 1. The van der Waals surface area contributed by atoms with Gasteiger partial charge in [-0.25, -0.2) is 0 Å². The molecule has 4 N–H and O–H groups in total. The van der Waals surface area contributed by atoms with Gasteiger partial charge >= 0.3 is 0 Å². The summed E-state index contributed by atoms with van der Waals surface area (Å²) in [5.74, 6) is -0.116. The van der Waals surface area contributed by atoms with Gasteiger partial charge in [-0.05, 0) is 36.8 Å². The molecule has 0 aliphatic carbocycles. The van der Waals surface area contributed by atoms with Gasteiger partial charge in [-0.2, -0.15) is 0 Å². The molecule has 0 spiro atoms. The quantitative estimate of drug-likeness (QED) is 0.592. The number of anilines is 2. The fraction of sp³-hybridized carbons (Fsp3) is 0.133. The van der Waals surface area contributed by atoms with Crippen molar-refractivity contribution in [1.82, 2.24) is 0 Å². The van der Waals surface area contributed by atoms with Crippen molar-refractivity contribution in [3.05, 3.63) is 47.5 Å². The van der Waals surface area contributed by atoms with Gasteiger partial charge in [0.05, 0.1) is 24.0 Å². The minimum Gasteiger partial charge on any atom is -0.505 e. The first-order valence-corrected chi connectivity index (χ1v) is 6.06. The summed E-state index contributed by atoms with van der Waals surface area (Å²) in [6.07, 6.45) is 0. The van der Waals surface area contributed by atoms with Gasteiger partial charge < -0.3 is 20.9 Å². The highest BCUT2D eigenvalue weighted by Crippen LogP contribution is 2.28. The van der Waals surface area contributed by atoms with Crippen LogP contribution in [0.3, 0.4) is 0 Å². The molecule has 2 aromatic carbocycles. The van der Waals surface area contributed by atoms with Crippen LogP contribution in [0.1, 0.15) is 15.9 Å². The number of rotatable bonds is 3. The Labute approximate surface area is 117 Å². The molecule has 0 radical (unpaired) electrons. The number of hydrogen-bond acceptors (Lipinski definition) is 4. The highest BCUT2D eigenvalue weighted by Gasteiger charge is 2.14. The van der Waals surface area contributed by atoms with E-state index in [2.05, 4.69) is 5.32 Å². The largest absolute Gasteiger partial charge is 0.505 e. The molecule has 0 heterocycles. The number of para-hydroxylation sites is 1. The zero-order valence-corrected chi connectivity index (χ0v) is 11.3. The Hall–Kier alpha value is -2.69. The second kappa shape index (κ2) is 5.52. The summed E-state index contributed by atoms with van der Waals surface area (Å²) in [7, 11) is 1.53. The Morgan fingerprint density at radius 3 is 2.75 bits per heavy atom. The van der Waals surface area contributed by atoms with E-state index in [4.69, 9.17) is 10.5 Å². The number of nitrogen functional groups attached to an aromatic ring is 1. The van der Waals surface area contributed by atoms with E-state index in [1.54, 1.807) is 12.1 Å². The van der Waals surface area contributed by atoms with Crippen molar-refractivity contribution in [2.45, 2.75) is 6.92 Å². The number of nitrogens with two attached hydrogens (primary N) is 1. The Balaban J connectivity index is 2.30. The number of hydrogen-bond donors (Lipinski definition) is 3. The van der Waals surface area contributed by atoms with Crippen LogP contribution < -0.4 is 15.8 Å². The summed E-state index contributed by atoms with van der Waals surface area (Å²) in [5.41, 5.74) is 7.40. The van der Waals surface area contributed by atoms with E-state index >= 15 is 0 Å². The van der Waals surface area contributed by atoms with Gasteiger partial charge in [0, 0.05) is 0 Å². The third-order valence-electron chi connectivity index (χ3n) is 2.92. The van der Waals surface area contributed by atoms with Crippen LogP contribution in [0.4, 0.5) is 11.4 Å². The van der Waals surface area contributed by atoms with E-state index in [1.807, 2.05) is 19.1 Å². The monoisotopic (exact) mass is 272 g/mol. The van der Waals surface area contributed by atoms with Crippen LogP contribution in [0.25, 0.3) is 0 Å². The number of methoxy groups -OCH3 is 1. The van der Waals surface area contributed by atoms with Crippen LogP contribution in [0, 0.1) is 6.92 Å². The zero-order valence-electron chi connectivity index (χ0n) is 11.3. The molecule has 0 saturated heterocycles. The number of phenols is 1. The number of amides is 1. The molecule has 1 amide bonds. The SMILES string of the molecule is COc1cc(C)ccc1NC(=O)c1cccc(N)c1O. The molecular weight excluding hydrogens is 256 g/mol. The van der Waals surface area contributed by atoms with Crippen molar-refractivity contribution in [2.24, 2.45) is 0 Å². The highest BCUT2D eigenvalue weighted by molar-refractivity contribution is 6.07. The molecule has 0 fully saturated rings. The number of aromatic hydroxyl groups is 1. The van der Waals surface area contributed by atoms with E-state index < -0.39 is 5.91 Å². The Kier molecular flexibility index (Phi) is 3.79. The zero-order chi connectivity index (χ0) is 14.7. The molecule has 0 atom stereocenters. The molecule has 0 aromatic heterocycles. The normalized spacial score (nSPS) is 10.1. The molecule has 5 nitrogen and oxygen atoms in total. The minimum atomic E-state index is -0.447. The first-order valence-electron chi connectivity index (χ1n) is 6.06. The van der Waals surface area contributed by atoms with Gasteiger partial charge in [0.25, 0.3) is 5.91 Å². The molecule has 5 heteroatoms. The third kappa shape index (κ3) is 2.66. The maximum Gasteiger partial charge on any atom is 0.259 e. The Bertz CT molecular complexity index is 654. The first kappa shape index (κ1) is 13.7. The molecule has 2 aromatic rings. The molecular formula is C15H16N2O3. The minimum absolute atomic E-state index is 0.118. The van der Waals surface area contributed by atoms with Gasteiger partial charge in [0.15, 0.2) is 5.75 Å². The van der Waals surface area contributed by atoms with Crippen LogP contribution in [0.15, 0.2) is 36.4 Å². The van der Waals surface area contributed by atoms with Gasteiger partial charge in [-0.15, -0.1) is 0 Å². The predicted octanol–water partition coefficient (Wildman–Crippen LogP) is 2.54. The van der Waals surface area contributed by atoms with Gasteiger partial charge in [0.2, 0.25) is 0 Å². The molecule has 2 rings (SSSR count). The first-order chi connectivity index (χ1) is 9.52. The van der Waals surface area contributed by atoms with Crippen molar-refractivity contribution in [3.63, 3.8) is 0 Å². The summed E-state index contributed by atoms with van der Waals surface area (Å²) in [5, 5.41) is 12.5. The van der Waals surface area contributed by atoms with Crippen LogP contribution >= 0.6 is 0 Å². The maximum absolute atomic E-state index is 12.2. The molecule has 104 valence electrons. The van der Waals surface area contributed by atoms with E-state index in [-0.39, 0.29) is 17.0 Å². The predicted molar refractivity (Wildman–Crippen MR) is 78.2 cm³/mol. The standard InChI is InChI=1S/C15H16N2O3/c1-9-6-7-12(13(8-9)20-2)17-15(19)10-4-3-5-11(16)14(10)18/h3-8,18H,16H2,1-2H3,(H,17,19). The molecule has 0 aliphatic rings. The number of phenolic OH excluding ortho intramolecular Hbond substituents is 1. The third-order valence-corrected chi connectivity index (χ3v) is 2.92. The van der Waals surface area contributed by atoms with Gasteiger partial charge in [0.1, 0.15) is 5.75 Å². The number of benzene rings is 2. The second-order valence-corrected chi connectivity index (χ2v) is 4.40. The number of carbonyl (C=O) groups excluding carboxylic acids is 1. The molecule has 0 saturated carbocycles. The van der Waals surface area contributed by atoms with Crippen LogP contribution in [0.5, 0.6) is 11.5 Å². The number of ether oxygens (including phenoxy) is 1. The summed E-state index contributed by atoms with van der Waals surface area (Å²) in [6, 6.07) is 10.1. The molecule has 0 bridgehead atoms. The lowest BCUT2D eigenvalue weighted by Gasteiger charge is -2.12. The maximum atomic E-state index is 12.2. The van der Waals surface area contributed by atoms with Crippen molar-refractivity contribution >= 4 is 17.3 Å². The molecule has 0 unspecified atom stereocenters. The highest BCUT2D eigenvalue weighted by atomic mass is 16.5. The summed E-state index contributed by atoms with van der Waals surface area (Å²) in [4.78, 5) is 12.2. The lowest BCUT2D eigenvalue weighted by molar-refractivity contribution is 0.102. The van der Waals surface area contributed by atoms with E-state index in [0.717, 1.165) is 5.56 Å². The summed E-state index contributed by atoms with van der Waals surface area (Å²) < 4.78 is 5.21. The average Bonchev–Trinajstić information content (AvgIpc) is 2.43. The second-order valence-electron chi connectivity index (χ2n) is 4.40. The Morgan fingerprint density at radius 1 is 1.30 bits per heavy atom. The lowest BCUT2D eigenvalue weighted by Crippen LogP contribution is -2.13. The van der Waals surface area contributed by atoms with Gasteiger partial charge in [-0.3, -0.25) is 4.79 Å². The van der Waals surface area contributed by atoms with E-state index in [9.17, 15) is 9.90 Å². The lowest BCUT2D eigenvalue weighted by atomic mass is 10.1. The topological polar surface area (TPSA) is 84.6 Å². The summed E-state index contributed by atoms with van der Waals surface area (Å²) in [6.45, 7) is 1.93. The van der Waals surface area contributed by atoms with Crippen LogP contribution in [-0.4, -0.2) is 18.1 Å². The van der Waals surface area contributed by atoms with Crippen LogP contribution in [0.2, 0.25) is 0 Å².